The van der Waals surface area contributed by atoms with E-state index in [-0.39, 0.29) is 5.91 Å². The first-order valence-electron chi connectivity index (χ1n) is 7.68. The van der Waals surface area contributed by atoms with Crippen LogP contribution < -0.4 is 4.90 Å². The number of hydrogen-bond donors (Lipinski definition) is 1. The minimum Gasteiger partial charge on any atom is -0.477 e. The third-order valence-electron chi connectivity index (χ3n) is 4.51. The highest BCUT2D eigenvalue weighted by molar-refractivity contribution is 8.04. The number of fused-ring (bicyclic) bond motifs is 1. The summed E-state index contributed by atoms with van der Waals surface area (Å²) >= 11 is 2.75. The van der Waals surface area contributed by atoms with Gasteiger partial charge in [0.1, 0.15) is 5.70 Å². The molecule has 1 atom stereocenters. The molecule has 1 amide bonds. The summed E-state index contributed by atoms with van der Waals surface area (Å²) in [4.78, 5) is 27.9. The van der Waals surface area contributed by atoms with E-state index in [2.05, 4.69) is 10.2 Å². The minimum absolute atomic E-state index is 0.0872. The fourth-order valence-corrected chi connectivity index (χ4v) is 5.39. The van der Waals surface area contributed by atoms with Crippen molar-refractivity contribution >= 4 is 40.1 Å². The Hall–Kier alpha value is -1.61. The van der Waals surface area contributed by atoms with Gasteiger partial charge in [0.15, 0.2) is 4.34 Å². The molecule has 3 aliphatic heterocycles. The van der Waals surface area contributed by atoms with Crippen molar-refractivity contribution in [3.8, 4) is 0 Å². The number of aromatic nitrogens is 2. The van der Waals surface area contributed by atoms with E-state index < -0.39 is 5.97 Å². The maximum Gasteiger partial charge on any atom is 0.353 e. The average molecular weight is 352 g/mol. The number of anilines is 1. The zero-order valence-corrected chi connectivity index (χ0v) is 14.0. The van der Waals surface area contributed by atoms with Gasteiger partial charge < -0.3 is 10.0 Å². The molecule has 7 nitrogen and oxygen atoms in total. The largest absolute Gasteiger partial charge is 0.477 e. The molecule has 0 aliphatic carbocycles. The normalized spacial score (nSPS) is 24.0. The summed E-state index contributed by atoms with van der Waals surface area (Å²) in [5, 5.41) is 18.4. The van der Waals surface area contributed by atoms with E-state index in [0.717, 1.165) is 37.1 Å². The van der Waals surface area contributed by atoms with Gasteiger partial charge in [-0.05, 0) is 25.7 Å². The molecule has 1 N–H and O–H groups in total. The van der Waals surface area contributed by atoms with Crippen LogP contribution in [0.15, 0.2) is 14.9 Å². The zero-order chi connectivity index (χ0) is 16.0. The number of carboxylic acid groups (broad SMARTS) is 1. The number of carboxylic acids is 1. The summed E-state index contributed by atoms with van der Waals surface area (Å²) < 4.78 is 0.701. The van der Waals surface area contributed by atoms with Crippen LogP contribution >= 0.6 is 23.1 Å². The number of hydrogen-bond acceptors (Lipinski definition) is 7. The molecule has 0 bridgehead atoms. The maximum atomic E-state index is 11.8. The molecule has 0 saturated carbocycles. The Kier molecular flexibility index (Phi) is 3.76. The Labute approximate surface area is 141 Å². The van der Waals surface area contributed by atoms with Crippen molar-refractivity contribution in [2.24, 2.45) is 0 Å². The number of allylic oxidation sites excluding steroid dienone is 1. The van der Waals surface area contributed by atoms with Crippen molar-refractivity contribution < 1.29 is 14.7 Å². The van der Waals surface area contributed by atoms with E-state index in [1.165, 1.54) is 23.1 Å². The van der Waals surface area contributed by atoms with E-state index in [9.17, 15) is 14.7 Å². The number of carbonyl (C=O) groups excluding carboxylic acids is 1. The van der Waals surface area contributed by atoms with Crippen molar-refractivity contribution in [3.05, 3.63) is 10.6 Å². The number of nitrogens with zero attached hydrogens (tertiary/aromatic N) is 4. The maximum absolute atomic E-state index is 11.8. The predicted molar refractivity (Wildman–Crippen MR) is 86.4 cm³/mol. The monoisotopic (exact) mass is 352 g/mol. The fourth-order valence-electron chi connectivity index (χ4n) is 3.26. The second-order valence-electron chi connectivity index (χ2n) is 5.85. The van der Waals surface area contributed by atoms with E-state index in [1.807, 2.05) is 4.90 Å². The van der Waals surface area contributed by atoms with Crippen LogP contribution in [0, 0.1) is 0 Å². The Balaban J connectivity index is 1.56. The number of aliphatic carboxylic acids is 1. The van der Waals surface area contributed by atoms with Crippen LogP contribution in [0.3, 0.4) is 0 Å². The summed E-state index contributed by atoms with van der Waals surface area (Å²) in [5.41, 5.74) is 0.423. The molecule has 4 rings (SSSR count). The average Bonchev–Trinajstić information content (AvgIpc) is 3.09. The molecule has 23 heavy (non-hydrogen) atoms. The molecular formula is C14H16N4O3S2. The highest BCUT2D eigenvalue weighted by atomic mass is 32.2. The summed E-state index contributed by atoms with van der Waals surface area (Å²) in [5.74, 6) is -0.777. The van der Waals surface area contributed by atoms with Gasteiger partial charge in [-0.3, -0.25) is 9.69 Å². The predicted octanol–water partition coefficient (Wildman–Crippen LogP) is 1.92. The summed E-state index contributed by atoms with van der Waals surface area (Å²) in [6, 6.07) is 0.387. The Bertz CT molecular complexity index is 702. The fraction of sp³-hybridized carbons (Fsp3) is 0.571. The van der Waals surface area contributed by atoms with E-state index >= 15 is 0 Å². The van der Waals surface area contributed by atoms with Crippen LogP contribution in [0.1, 0.15) is 32.1 Å². The third kappa shape index (κ3) is 2.61. The molecule has 1 unspecified atom stereocenters. The van der Waals surface area contributed by atoms with Crippen molar-refractivity contribution in [2.75, 3.05) is 18.0 Å². The van der Waals surface area contributed by atoms with Gasteiger partial charge in [0, 0.05) is 30.5 Å². The number of amides is 1. The first-order valence-corrected chi connectivity index (χ1v) is 9.31. The quantitative estimate of drug-likeness (QED) is 0.828. The highest BCUT2D eigenvalue weighted by Crippen LogP contribution is 2.43. The molecule has 2 saturated heterocycles. The molecule has 1 aromatic rings. The molecule has 0 aromatic carbocycles. The van der Waals surface area contributed by atoms with Gasteiger partial charge in [0.05, 0.1) is 0 Å². The van der Waals surface area contributed by atoms with Gasteiger partial charge >= 0.3 is 5.97 Å². The Morgan fingerprint density at radius 3 is 2.78 bits per heavy atom. The summed E-state index contributed by atoms with van der Waals surface area (Å²) in [6.07, 6.45) is 4.26. The molecule has 9 heteroatoms. The van der Waals surface area contributed by atoms with Gasteiger partial charge in [0.25, 0.3) is 0 Å². The minimum atomic E-state index is -0.864. The lowest BCUT2D eigenvalue weighted by molar-refractivity contribution is -0.136. The Morgan fingerprint density at radius 1 is 1.26 bits per heavy atom. The molecule has 122 valence electrons. The standard InChI is InChI=1S/C14H16N4O3S2/c19-10-2-1-6-18(10)13-15-16-14(23-13)22-9-4-3-8-5-7-17(8)11(9)12(20)21/h8H,1-7H2,(H,20,21). The molecular weight excluding hydrogens is 336 g/mol. The first-order chi connectivity index (χ1) is 11.1. The topological polar surface area (TPSA) is 86.6 Å². The lowest BCUT2D eigenvalue weighted by Crippen LogP contribution is -2.50. The van der Waals surface area contributed by atoms with E-state index in [0.29, 0.717) is 34.2 Å². The smallest absolute Gasteiger partial charge is 0.353 e. The van der Waals surface area contributed by atoms with Crippen LogP contribution in [0.5, 0.6) is 0 Å². The van der Waals surface area contributed by atoms with Crippen LogP contribution in [0.4, 0.5) is 5.13 Å². The third-order valence-corrected chi connectivity index (χ3v) is 6.65. The van der Waals surface area contributed by atoms with Crippen molar-refractivity contribution in [1.82, 2.24) is 15.1 Å². The SMILES string of the molecule is O=C(O)C1=C(Sc2nnc(N3CCCC3=O)s2)CCC2CCN12. The van der Waals surface area contributed by atoms with Crippen molar-refractivity contribution in [2.45, 2.75) is 42.5 Å². The van der Waals surface area contributed by atoms with Crippen LogP contribution in [-0.4, -0.2) is 51.2 Å². The van der Waals surface area contributed by atoms with Gasteiger partial charge in [-0.1, -0.05) is 23.1 Å². The van der Waals surface area contributed by atoms with E-state index in [4.69, 9.17) is 0 Å². The van der Waals surface area contributed by atoms with Gasteiger partial charge in [-0.2, -0.15) is 0 Å². The highest BCUT2D eigenvalue weighted by Gasteiger charge is 2.38. The molecule has 3 aliphatic rings. The van der Waals surface area contributed by atoms with E-state index in [1.54, 1.807) is 4.90 Å². The van der Waals surface area contributed by atoms with Crippen molar-refractivity contribution in [1.29, 1.82) is 0 Å². The van der Waals surface area contributed by atoms with Crippen LogP contribution in [-0.2, 0) is 9.59 Å². The lowest BCUT2D eigenvalue weighted by Gasteiger charge is -2.46. The number of thioether (sulfide) groups is 1. The van der Waals surface area contributed by atoms with Crippen LogP contribution in [0.2, 0.25) is 0 Å². The second kappa shape index (κ2) is 5.79. The summed E-state index contributed by atoms with van der Waals surface area (Å²) in [6.45, 7) is 1.51. The number of carbonyl (C=O) groups is 2. The molecule has 4 heterocycles. The first kappa shape index (κ1) is 14.9. The lowest BCUT2D eigenvalue weighted by atomic mass is 9.92. The van der Waals surface area contributed by atoms with Gasteiger partial charge in [0.2, 0.25) is 11.0 Å². The zero-order valence-electron chi connectivity index (χ0n) is 12.4. The second-order valence-corrected chi connectivity index (χ2v) is 8.15. The van der Waals surface area contributed by atoms with Gasteiger partial charge in [-0.25, -0.2) is 4.79 Å². The molecule has 0 spiro atoms. The Morgan fingerprint density at radius 2 is 2.13 bits per heavy atom. The van der Waals surface area contributed by atoms with Gasteiger partial charge in [-0.15, -0.1) is 10.2 Å². The number of rotatable bonds is 4. The summed E-state index contributed by atoms with van der Waals surface area (Å²) in [7, 11) is 0. The molecule has 2 fully saturated rings. The molecule has 0 radical (unpaired) electrons. The van der Waals surface area contributed by atoms with Crippen LogP contribution in [0.25, 0.3) is 0 Å². The molecule has 1 aromatic heterocycles. The van der Waals surface area contributed by atoms with Crippen molar-refractivity contribution in [3.63, 3.8) is 0 Å².